The van der Waals surface area contributed by atoms with Gasteiger partial charge < -0.3 is 9.32 Å². The monoisotopic (exact) mass is 435 g/mol. The number of carbonyl (C=O) groups excluding carboxylic acids is 2. The predicted molar refractivity (Wildman–Crippen MR) is 111 cm³/mol. The van der Waals surface area contributed by atoms with Gasteiger partial charge in [-0.15, -0.1) is 0 Å². The Balaban J connectivity index is 1.61. The Morgan fingerprint density at radius 2 is 1.93 bits per heavy atom. The number of fused-ring (bicyclic) bond motifs is 1. The van der Waals surface area contributed by atoms with Gasteiger partial charge >= 0.3 is 0 Å². The molecule has 1 aromatic heterocycles. The summed E-state index contributed by atoms with van der Waals surface area (Å²) in [6, 6.07) is 1.10. The van der Waals surface area contributed by atoms with Crippen LogP contribution in [0.1, 0.15) is 49.2 Å². The molecule has 3 aliphatic rings. The van der Waals surface area contributed by atoms with Crippen molar-refractivity contribution in [2.24, 2.45) is 11.8 Å². The molecule has 0 spiro atoms. The van der Waals surface area contributed by atoms with E-state index in [1.807, 2.05) is 13.8 Å². The molecule has 4 rings (SSSR count). The first-order chi connectivity index (χ1) is 14.2. The number of sulfonamides is 1. The van der Waals surface area contributed by atoms with Crippen molar-refractivity contribution in [3.8, 4) is 0 Å². The van der Waals surface area contributed by atoms with E-state index in [0.29, 0.717) is 23.6 Å². The summed E-state index contributed by atoms with van der Waals surface area (Å²) in [5.41, 5.74) is 0.888. The fourth-order valence-electron chi connectivity index (χ4n) is 4.91. The summed E-state index contributed by atoms with van der Waals surface area (Å²) in [6.45, 7) is 6.59. The van der Waals surface area contributed by atoms with E-state index in [9.17, 15) is 18.0 Å². The van der Waals surface area contributed by atoms with E-state index in [1.165, 1.54) is 12.7 Å². The Kier molecular flexibility index (Phi) is 5.52. The number of amides is 2. The lowest BCUT2D eigenvalue weighted by Gasteiger charge is -2.29. The number of rotatable bonds is 5. The van der Waals surface area contributed by atoms with Crippen molar-refractivity contribution in [3.05, 3.63) is 35.4 Å². The molecule has 2 amide bonds. The minimum absolute atomic E-state index is 0.108. The molecule has 0 aromatic carbocycles. The lowest BCUT2D eigenvalue weighted by Crippen LogP contribution is -2.43. The van der Waals surface area contributed by atoms with Crippen LogP contribution in [0.5, 0.6) is 0 Å². The Bertz CT molecular complexity index is 975. The van der Waals surface area contributed by atoms with Gasteiger partial charge in [-0.25, -0.2) is 12.7 Å². The van der Waals surface area contributed by atoms with E-state index < -0.39 is 27.9 Å². The zero-order chi connectivity index (χ0) is 21.6. The fourth-order valence-corrected chi connectivity index (χ4v) is 5.92. The van der Waals surface area contributed by atoms with Gasteiger partial charge in [0.2, 0.25) is 15.9 Å². The van der Waals surface area contributed by atoms with Gasteiger partial charge in [0.15, 0.2) is 0 Å². The number of piperidine rings is 1. The summed E-state index contributed by atoms with van der Waals surface area (Å²) >= 11 is 0. The number of carbonyl (C=O) groups is 2. The Labute approximate surface area is 177 Å². The topological polar surface area (TPSA) is 91.1 Å². The standard InChI is InChI=1S/C21H29N3O5S/c1-14(2)18-19-16(24(21(18)26)30(3,27)28)7-11-23(19)20(25)15-8-12-29-17(15)13-22-9-5-4-6-10-22/h7-8,12,14,18-19H,4-6,9-11,13H2,1-3H3/t18-,19+/m1/s1. The first kappa shape index (κ1) is 21.1. The Morgan fingerprint density at radius 1 is 1.23 bits per heavy atom. The Hall–Kier alpha value is -2.13. The van der Waals surface area contributed by atoms with Crippen LogP contribution in [0.4, 0.5) is 0 Å². The smallest absolute Gasteiger partial charge is 0.258 e. The van der Waals surface area contributed by atoms with Gasteiger partial charge in [-0.3, -0.25) is 14.5 Å². The molecule has 2 atom stereocenters. The quantitative estimate of drug-likeness (QED) is 0.703. The van der Waals surface area contributed by atoms with Gasteiger partial charge in [-0.2, -0.15) is 0 Å². The Morgan fingerprint density at radius 3 is 2.57 bits per heavy atom. The molecule has 8 nitrogen and oxygen atoms in total. The second-order valence-corrected chi connectivity index (χ2v) is 10.6. The minimum Gasteiger partial charge on any atom is -0.467 e. The third kappa shape index (κ3) is 3.58. The molecule has 0 bridgehead atoms. The van der Waals surface area contributed by atoms with Crippen LogP contribution >= 0.6 is 0 Å². The van der Waals surface area contributed by atoms with Crippen LogP contribution in [0, 0.1) is 11.8 Å². The van der Waals surface area contributed by atoms with Gasteiger partial charge in [0, 0.05) is 6.54 Å². The molecule has 0 aliphatic carbocycles. The molecule has 1 aromatic rings. The normalized spacial score (nSPS) is 25.2. The van der Waals surface area contributed by atoms with Gasteiger partial charge in [0.1, 0.15) is 5.76 Å². The van der Waals surface area contributed by atoms with Crippen LogP contribution in [0.3, 0.4) is 0 Å². The molecule has 2 fully saturated rings. The minimum atomic E-state index is -3.75. The van der Waals surface area contributed by atoms with Crippen LogP contribution in [0.25, 0.3) is 0 Å². The second-order valence-electron chi connectivity index (χ2n) is 8.76. The van der Waals surface area contributed by atoms with Crippen molar-refractivity contribution < 1.29 is 22.4 Å². The van der Waals surface area contributed by atoms with Crippen molar-refractivity contribution in [1.82, 2.24) is 14.1 Å². The van der Waals surface area contributed by atoms with Crippen molar-refractivity contribution in [3.63, 3.8) is 0 Å². The molecular formula is C21H29N3O5S. The predicted octanol–water partition coefficient (Wildman–Crippen LogP) is 2.05. The molecule has 9 heteroatoms. The van der Waals surface area contributed by atoms with E-state index >= 15 is 0 Å². The zero-order valence-corrected chi connectivity index (χ0v) is 18.5. The first-order valence-electron chi connectivity index (χ1n) is 10.5. The maximum Gasteiger partial charge on any atom is 0.258 e. The average Bonchev–Trinajstić information content (AvgIpc) is 3.35. The third-order valence-corrected chi connectivity index (χ3v) is 7.35. The average molecular weight is 436 g/mol. The van der Waals surface area contributed by atoms with E-state index in [-0.39, 0.29) is 18.4 Å². The summed E-state index contributed by atoms with van der Waals surface area (Å²) in [5, 5.41) is 0. The molecular weight excluding hydrogens is 406 g/mol. The summed E-state index contributed by atoms with van der Waals surface area (Å²) < 4.78 is 31.1. The van der Waals surface area contributed by atoms with Crippen molar-refractivity contribution >= 4 is 21.8 Å². The van der Waals surface area contributed by atoms with Crippen LogP contribution in [-0.4, -0.2) is 66.3 Å². The molecule has 0 saturated carbocycles. The first-order valence-corrected chi connectivity index (χ1v) is 12.4. The highest BCUT2D eigenvalue weighted by atomic mass is 32.2. The molecule has 3 aliphatic heterocycles. The highest BCUT2D eigenvalue weighted by molar-refractivity contribution is 7.89. The van der Waals surface area contributed by atoms with Crippen molar-refractivity contribution in [1.29, 1.82) is 0 Å². The lowest BCUT2D eigenvalue weighted by molar-refractivity contribution is -0.128. The molecule has 2 saturated heterocycles. The molecule has 0 radical (unpaired) electrons. The number of hydrogen-bond acceptors (Lipinski definition) is 6. The highest BCUT2D eigenvalue weighted by Crippen LogP contribution is 2.42. The van der Waals surface area contributed by atoms with Gasteiger partial charge in [-0.05, 0) is 44.0 Å². The van der Waals surface area contributed by atoms with Crippen molar-refractivity contribution in [2.45, 2.75) is 45.7 Å². The number of hydrogen-bond donors (Lipinski definition) is 0. The molecule has 0 unspecified atom stereocenters. The number of likely N-dealkylation sites (tertiary alicyclic amines) is 1. The van der Waals surface area contributed by atoms with Crippen LogP contribution in [0.15, 0.2) is 28.5 Å². The van der Waals surface area contributed by atoms with Crippen molar-refractivity contribution in [2.75, 3.05) is 25.9 Å². The van der Waals surface area contributed by atoms with Crippen LogP contribution in [-0.2, 0) is 21.4 Å². The second kappa shape index (κ2) is 7.85. The summed E-state index contributed by atoms with van der Waals surface area (Å²) in [7, 11) is -3.75. The lowest BCUT2D eigenvalue weighted by atomic mass is 9.89. The largest absolute Gasteiger partial charge is 0.467 e. The van der Waals surface area contributed by atoms with Crippen LogP contribution < -0.4 is 0 Å². The maximum atomic E-state index is 13.5. The summed E-state index contributed by atoms with van der Waals surface area (Å²) in [5.74, 6) is -0.748. The van der Waals surface area contributed by atoms with Crippen LogP contribution in [0.2, 0.25) is 0 Å². The number of nitrogens with zero attached hydrogens (tertiary/aromatic N) is 3. The third-order valence-electron chi connectivity index (χ3n) is 6.30. The molecule has 4 heterocycles. The zero-order valence-electron chi connectivity index (χ0n) is 17.7. The summed E-state index contributed by atoms with van der Waals surface area (Å²) in [6.07, 6.45) is 7.76. The van der Waals surface area contributed by atoms with Gasteiger partial charge in [0.05, 0.1) is 42.3 Å². The van der Waals surface area contributed by atoms with E-state index in [4.69, 9.17) is 4.42 Å². The molecule has 30 heavy (non-hydrogen) atoms. The van der Waals surface area contributed by atoms with E-state index in [0.717, 1.165) is 36.5 Å². The molecule has 164 valence electrons. The summed E-state index contributed by atoms with van der Waals surface area (Å²) in [4.78, 5) is 30.3. The molecule has 0 N–H and O–H groups in total. The number of furan rings is 1. The maximum absolute atomic E-state index is 13.5. The highest BCUT2D eigenvalue weighted by Gasteiger charge is 2.55. The SMILES string of the molecule is CC(C)[C@H]1C(=O)N(S(C)(=O)=O)C2=CCN(C(=O)c3ccoc3CN3CCCCC3)[C@@H]21. The van der Waals surface area contributed by atoms with E-state index in [1.54, 1.807) is 17.0 Å². The van der Waals surface area contributed by atoms with Gasteiger partial charge in [0.25, 0.3) is 5.91 Å². The van der Waals surface area contributed by atoms with Gasteiger partial charge in [-0.1, -0.05) is 20.3 Å². The fraction of sp³-hybridized carbons (Fsp3) is 0.619. The van der Waals surface area contributed by atoms with E-state index in [2.05, 4.69) is 4.90 Å².